The molecule has 4 nitrogen and oxygen atoms in total. The third-order valence-electron chi connectivity index (χ3n) is 6.85. The van der Waals surface area contributed by atoms with E-state index in [0.717, 1.165) is 38.1 Å². The molecule has 2 aromatic rings. The van der Waals surface area contributed by atoms with Crippen molar-refractivity contribution in [3.63, 3.8) is 0 Å². The highest BCUT2D eigenvalue weighted by Crippen LogP contribution is 2.50. The Morgan fingerprint density at radius 1 is 1.00 bits per heavy atom. The van der Waals surface area contributed by atoms with E-state index in [1.807, 2.05) is 0 Å². The number of rotatable bonds is 2. The number of nitrogens with zero attached hydrogens (tertiary/aromatic N) is 3. The molecule has 3 heterocycles. The molecule has 3 aliphatic rings. The standard InChI is InChI=1S/C25H31N3O/c1-17(2)27-13-11-25(12-14-27)28-23(21-15-19(4)7-10-24(21)29-25)16-22(26-28)20-8-5-18(3)6-9-20/h5-10,15,17,23H,11-14,16H2,1-4H3. The van der Waals surface area contributed by atoms with Gasteiger partial charge < -0.3 is 9.64 Å². The molecule has 152 valence electrons. The van der Waals surface area contributed by atoms with Crippen molar-refractivity contribution < 1.29 is 4.74 Å². The van der Waals surface area contributed by atoms with Gasteiger partial charge in [-0.15, -0.1) is 0 Å². The smallest absolute Gasteiger partial charge is 0.200 e. The molecule has 0 N–H and O–H groups in total. The Morgan fingerprint density at radius 2 is 1.69 bits per heavy atom. The number of benzene rings is 2. The Bertz CT molecular complexity index is 939. The molecule has 0 amide bonds. The first-order valence-corrected chi connectivity index (χ1v) is 10.9. The van der Waals surface area contributed by atoms with Crippen LogP contribution in [-0.2, 0) is 0 Å². The summed E-state index contributed by atoms with van der Waals surface area (Å²) in [5.74, 6) is 1.05. The lowest BCUT2D eigenvalue weighted by molar-refractivity contribution is -0.152. The molecular formula is C25H31N3O. The van der Waals surface area contributed by atoms with E-state index in [2.05, 4.69) is 80.1 Å². The third kappa shape index (κ3) is 3.14. The Kier molecular flexibility index (Phi) is 4.43. The minimum atomic E-state index is -0.329. The summed E-state index contributed by atoms with van der Waals surface area (Å²) in [7, 11) is 0. The Hall–Kier alpha value is -2.33. The van der Waals surface area contributed by atoms with Crippen LogP contribution in [0.1, 0.15) is 61.4 Å². The maximum atomic E-state index is 6.75. The second-order valence-corrected chi connectivity index (χ2v) is 9.20. The van der Waals surface area contributed by atoms with Crippen molar-refractivity contribution in [3.8, 4) is 5.75 Å². The first-order valence-electron chi connectivity index (χ1n) is 10.9. The van der Waals surface area contributed by atoms with Gasteiger partial charge in [0.2, 0.25) is 5.72 Å². The van der Waals surface area contributed by atoms with Crippen molar-refractivity contribution in [1.82, 2.24) is 9.91 Å². The lowest BCUT2D eigenvalue weighted by atomic mass is 9.89. The van der Waals surface area contributed by atoms with Crippen molar-refractivity contribution in [3.05, 3.63) is 64.7 Å². The summed E-state index contributed by atoms with van der Waals surface area (Å²) < 4.78 is 6.75. The van der Waals surface area contributed by atoms with E-state index in [1.54, 1.807) is 0 Å². The van der Waals surface area contributed by atoms with Gasteiger partial charge in [0.25, 0.3) is 0 Å². The second kappa shape index (κ2) is 6.88. The van der Waals surface area contributed by atoms with Crippen LogP contribution in [0.5, 0.6) is 5.75 Å². The van der Waals surface area contributed by atoms with Crippen LogP contribution in [0.2, 0.25) is 0 Å². The highest BCUT2D eigenvalue weighted by molar-refractivity contribution is 6.02. The maximum Gasteiger partial charge on any atom is 0.200 e. The average Bonchev–Trinajstić information content (AvgIpc) is 3.16. The van der Waals surface area contributed by atoms with Crippen LogP contribution in [0.3, 0.4) is 0 Å². The summed E-state index contributed by atoms with van der Waals surface area (Å²) in [6, 6.07) is 16.2. The maximum absolute atomic E-state index is 6.75. The summed E-state index contributed by atoms with van der Waals surface area (Å²) in [6.07, 6.45) is 2.91. The zero-order valence-electron chi connectivity index (χ0n) is 18.0. The van der Waals surface area contributed by atoms with E-state index in [9.17, 15) is 0 Å². The summed E-state index contributed by atoms with van der Waals surface area (Å²) in [5, 5.41) is 7.51. The molecule has 1 spiro atoms. The lowest BCUT2D eigenvalue weighted by Gasteiger charge is -2.51. The topological polar surface area (TPSA) is 28.1 Å². The van der Waals surface area contributed by atoms with Crippen LogP contribution in [0.15, 0.2) is 47.6 Å². The largest absolute Gasteiger partial charge is 0.466 e. The zero-order valence-corrected chi connectivity index (χ0v) is 18.0. The number of hydrogen-bond acceptors (Lipinski definition) is 4. The van der Waals surface area contributed by atoms with Crippen molar-refractivity contribution in [2.45, 2.75) is 64.8 Å². The van der Waals surface area contributed by atoms with Crippen LogP contribution >= 0.6 is 0 Å². The van der Waals surface area contributed by atoms with Gasteiger partial charge in [0, 0.05) is 44.0 Å². The van der Waals surface area contributed by atoms with E-state index in [1.165, 1.54) is 28.0 Å². The molecule has 1 saturated heterocycles. The molecule has 0 aliphatic carbocycles. The van der Waals surface area contributed by atoms with Gasteiger partial charge in [-0.1, -0.05) is 47.5 Å². The number of hydrogen-bond donors (Lipinski definition) is 0. The summed E-state index contributed by atoms with van der Waals surface area (Å²) >= 11 is 0. The highest BCUT2D eigenvalue weighted by atomic mass is 16.5. The first-order chi connectivity index (χ1) is 13.9. The van der Waals surface area contributed by atoms with E-state index in [0.29, 0.717) is 6.04 Å². The predicted octanol–water partition coefficient (Wildman–Crippen LogP) is 5.05. The van der Waals surface area contributed by atoms with Crippen LogP contribution in [-0.4, -0.2) is 40.5 Å². The normalized spacial score (nSPS) is 23.0. The number of piperidine rings is 1. The molecule has 29 heavy (non-hydrogen) atoms. The molecule has 1 fully saturated rings. The van der Waals surface area contributed by atoms with Gasteiger partial charge in [-0.2, -0.15) is 5.10 Å². The van der Waals surface area contributed by atoms with E-state index >= 15 is 0 Å². The number of aryl methyl sites for hydroxylation is 2. The minimum absolute atomic E-state index is 0.264. The molecule has 1 atom stereocenters. The van der Waals surface area contributed by atoms with Gasteiger partial charge in [0.1, 0.15) is 5.75 Å². The molecule has 4 heteroatoms. The quantitative estimate of drug-likeness (QED) is 0.720. The third-order valence-corrected chi connectivity index (χ3v) is 6.85. The zero-order chi connectivity index (χ0) is 20.2. The fourth-order valence-electron chi connectivity index (χ4n) is 5.04. The summed E-state index contributed by atoms with van der Waals surface area (Å²) in [4.78, 5) is 2.55. The molecule has 0 radical (unpaired) electrons. The number of hydrazone groups is 1. The van der Waals surface area contributed by atoms with Gasteiger partial charge in [-0.3, -0.25) is 0 Å². The van der Waals surface area contributed by atoms with Crippen LogP contribution in [0.25, 0.3) is 0 Å². The Morgan fingerprint density at radius 3 is 2.38 bits per heavy atom. The highest BCUT2D eigenvalue weighted by Gasteiger charge is 2.51. The molecular weight excluding hydrogens is 358 g/mol. The monoisotopic (exact) mass is 389 g/mol. The van der Waals surface area contributed by atoms with Crippen LogP contribution in [0.4, 0.5) is 0 Å². The fraction of sp³-hybridized carbons (Fsp3) is 0.480. The van der Waals surface area contributed by atoms with Crippen molar-refractivity contribution in [1.29, 1.82) is 0 Å². The Labute approximate surface area is 174 Å². The summed E-state index contributed by atoms with van der Waals surface area (Å²) in [6.45, 7) is 11.0. The summed E-state index contributed by atoms with van der Waals surface area (Å²) in [5.41, 5.74) is 5.93. The molecule has 0 bridgehead atoms. The van der Waals surface area contributed by atoms with Gasteiger partial charge >= 0.3 is 0 Å². The SMILES string of the molecule is Cc1ccc(C2=NN3C(C2)c2cc(C)ccc2OC32CCN(C(C)C)CC2)cc1. The molecule has 0 saturated carbocycles. The predicted molar refractivity (Wildman–Crippen MR) is 117 cm³/mol. The van der Waals surface area contributed by atoms with Crippen molar-refractivity contribution >= 4 is 5.71 Å². The fourth-order valence-corrected chi connectivity index (χ4v) is 5.04. The first kappa shape index (κ1) is 18.7. The lowest BCUT2D eigenvalue weighted by Crippen LogP contribution is -2.59. The van der Waals surface area contributed by atoms with Gasteiger partial charge in [0.15, 0.2) is 0 Å². The average molecular weight is 390 g/mol. The number of likely N-dealkylation sites (tertiary alicyclic amines) is 1. The number of ether oxygens (including phenoxy) is 1. The molecule has 1 unspecified atom stereocenters. The molecule has 0 aromatic heterocycles. The van der Waals surface area contributed by atoms with E-state index in [4.69, 9.17) is 9.84 Å². The number of fused-ring (bicyclic) bond motifs is 4. The minimum Gasteiger partial charge on any atom is -0.466 e. The van der Waals surface area contributed by atoms with Gasteiger partial charge in [-0.25, -0.2) is 5.01 Å². The van der Waals surface area contributed by atoms with E-state index < -0.39 is 0 Å². The van der Waals surface area contributed by atoms with Gasteiger partial charge in [0.05, 0.1) is 11.8 Å². The second-order valence-electron chi connectivity index (χ2n) is 9.20. The van der Waals surface area contributed by atoms with Gasteiger partial charge in [-0.05, 0) is 39.3 Å². The van der Waals surface area contributed by atoms with E-state index in [-0.39, 0.29) is 11.8 Å². The molecule has 2 aromatic carbocycles. The molecule has 5 rings (SSSR count). The molecule has 3 aliphatic heterocycles. The van der Waals surface area contributed by atoms with Crippen LogP contribution in [0, 0.1) is 13.8 Å². The van der Waals surface area contributed by atoms with Crippen molar-refractivity contribution in [2.75, 3.05) is 13.1 Å². The van der Waals surface area contributed by atoms with Crippen LogP contribution < -0.4 is 4.74 Å². The Balaban J connectivity index is 1.54. The van der Waals surface area contributed by atoms with Crippen molar-refractivity contribution in [2.24, 2.45) is 5.10 Å².